The Labute approximate surface area is 189 Å². The molecule has 0 saturated heterocycles. The molecule has 3 aromatic rings. The molecule has 2 amide bonds. The fourth-order valence-electron chi connectivity index (χ4n) is 2.98. The lowest BCUT2D eigenvalue weighted by atomic mass is 10.1. The number of aromatic carboxylic acids is 1. The highest BCUT2D eigenvalue weighted by Gasteiger charge is 2.19. The number of amides is 2. The summed E-state index contributed by atoms with van der Waals surface area (Å²) in [6.07, 6.45) is 0. The molecule has 32 heavy (non-hydrogen) atoms. The largest absolute Gasteiger partial charge is 0.478 e. The van der Waals surface area contributed by atoms with Crippen LogP contribution in [0.3, 0.4) is 0 Å². The summed E-state index contributed by atoms with van der Waals surface area (Å²) < 4.78 is 1.74. The van der Waals surface area contributed by atoms with Crippen LogP contribution >= 0.6 is 11.8 Å². The molecule has 166 valence electrons. The number of carboxylic acid groups (broad SMARTS) is 1. The van der Waals surface area contributed by atoms with Crippen LogP contribution in [-0.4, -0.2) is 43.4 Å². The Morgan fingerprint density at radius 3 is 2.47 bits per heavy atom. The van der Waals surface area contributed by atoms with Crippen LogP contribution in [0.5, 0.6) is 0 Å². The molecule has 0 aliphatic rings. The van der Waals surface area contributed by atoms with Crippen LogP contribution in [-0.2, 0) is 11.8 Å². The van der Waals surface area contributed by atoms with Crippen molar-refractivity contribution < 1.29 is 19.5 Å². The van der Waals surface area contributed by atoms with Crippen LogP contribution in [0.25, 0.3) is 0 Å². The number of aryl methyl sites for hydroxylation is 1. The van der Waals surface area contributed by atoms with E-state index in [1.807, 2.05) is 32.0 Å². The molecule has 2 aromatic carbocycles. The third kappa shape index (κ3) is 5.73. The van der Waals surface area contributed by atoms with E-state index in [4.69, 9.17) is 5.11 Å². The minimum atomic E-state index is -1.03. The number of carbonyl (C=O) groups excluding carboxylic acids is 2. The van der Waals surface area contributed by atoms with Gasteiger partial charge in [0.1, 0.15) is 0 Å². The molecule has 0 aliphatic carbocycles. The molecule has 1 heterocycles. The van der Waals surface area contributed by atoms with Gasteiger partial charge in [-0.05, 0) is 50.2 Å². The Morgan fingerprint density at radius 2 is 1.81 bits per heavy atom. The summed E-state index contributed by atoms with van der Waals surface area (Å²) in [7, 11) is 1.77. The van der Waals surface area contributed by atoms with Gasteiger partial charge in [0.15, 0.2) is 11.0 Å². The normalized spacial score (nSPS) is 11.6. The van der Waals surface area contributed by atoms with E-state index in [-0.39, 0.29) is 29.2 Å². The summed E-state index contributed by atoms with van der Waals surface area (Å²) in [4.78, 5) is 35.6. The van der Waals surface area contributed by atoms with Crippen LogP contribution in [0.2, 0.25) is 0 Å². The van der Waals surface area contributed by atoms with E-state index in [9.17, 15) is 14.4 Å². The molecule has 0 radical (unpaired) electrons. The maximum Gasteiger partial charge on any atom is 0.335 e. The zero-order chi connectivity index (χ0) is 23.3. The van der Waals surface area contributed by atoms with Crippen molar-refractivity contribution >= 4 is 35.2 Å². The number of nitrogens with zero attached hydrogens (tertiary/aromatic N) is 3. The minimum Gasteiger partial charge on any atom is -0.478 e. The molecule has 0 saturated carbocycles. The lowest BCUT2D eigenvalue weighted by Crippen LogP contribution is -2.28. The van der Waals surface area contributed by atoms with Gasteiger partial charge in [-0.15, -0.1) is 10.2 Å². The summed E-state index contributed by atoms with van der Waals surface area (Å²) in [5, 5.41) is 23.4. The van der Waals surface area contributed by atoms with Crippen molar-refractivity contribution in [1.82, 2.24) is 20.1 Å². The zero-order valence-electron chi connectivity index (χ0n) is 17.8. The van der Waals surface area contributed by atoms with Crippen LogP contribution in [0.1, 0.15) is 45.1 Å². The zero-order valence-corrected chi connectivity index (χ0v) is 18.6. The fraction of sp³-hybridized carbons (Fsp3) is 0.227. The van der Waals surface area contributed by atoms with Crippen LogP contribution < -0.4 is 10.6 Å². The van der Waals surface area contributed by atoms with Crippen LogP contribution in [0, 0.1) is 6.92 Å². The quantitative estimate of drug-likeness (QED) is 0.448. The smallest absolute Gasteiger partial charge is 0.335 e. The van der Waals surface area contributed by atoms with Gasteiger partial charge in [0.2, 0.25) is 5.91 Å². The van der Waals surface area contributed by atoms with Gasteiger partial charge in [-0.1, -0.05) is 29.5 Å². The van der Waals surface area contributed by atoms with Gasteiger partial charge in [-0.25, -0.2) is 4.79 Å². The van der Waals surface area contributed by atoms with E-state index in [1.165, 1.54) is 36.0 Å². The number of hydrogen-bond acceptors (Lipinski definition) is 6. The van der Waals surface area contributed by atoms with Crippen molar-refractivity contribution in [3.8, 4) is 0 Å². The van der Waals surface area contributed by atoms with Crippen LogP contribution in [0.4, 0.5) is 5.69 Å². The SMILES string of the molecule is Cc1cccc(C(=O)N[C@@H](C)c2nnc(SCC(=O)Nc3ccc(C(=O)O)cc3)n2C)c1. The molecular formula is C22H23N5O4S. The Kier molecular flexibility index (Phi) is 7.26. The number of benzene rings is 2. The summed E-state index contributed by atoms with van der Waals surface area (Å²) in [6, 6.07) is 12.9. The van der Waals surface area contributed by atoms with E-state index in [0.29, 0.717) is 22.2 Å². The van der Waals surface area contributed by atoms with Gasteiger partial charge >= 0.3 is 5.97 Å². The second kappa shape index (κ2) is 10.1. The number of carboxylic acids is 1. The first-order valence-corrected chi connectivity index (χ1v) is 10.8. The lowest BCUT2D eigenvalue weighted by molar-refractivity contribution is -0.113. The fourth-order valence-corrected chi connectivity index (χ4v) is 3.70. The molecule has 0 aliphatic heterocycles. The Hall–Kier alpha value is -3.66. The van der Waals surface area contributed by atoms with Crippen LogP contribution in [0.15, 0.2) is 53.7 Å². The molecule has 10 heteroatoms. The predicted molar refractivity (Wildman–Crippen MR) is 121 cm³/mol. The highest BCUT2D eigenvalue weighted by molar-refractivity contribution is 7.99. The molecule has 0 bridgehead atoms. The van der Waals surface area contributed by atoms with Crippen molar-refractivity contribution in [2.24, 2.45) is 7.05 Å². The first-order valence-electron chi connectivity index (χ1n) is 9.77. The Balaban J connectivity index is 1.56. The molecule has 1 aromatic heterocycles. The van der Waals surface area contributed by atoms with Crippen molar-refractivity contribution in [2.45, 2.75) is 25.0 Å². The number of carbonyl (C=O) groups is 3. The summed E-state index contributed by atoms with van der Waals surface area (Å²) in [6.45, 7) is 3.74. The first-order chi connectivity index (χ1) is 15.2. The average Bonchev–Trinajstić information content (AvgIpc) is 3.13. The standard InChI is InChI=1S/C22H23N5O4S/c1-13-5-4-6-16(11-13)20(29)23-14(2)19-25-26-22(27(19)3)32-12-18(28)24-17-9-7-15(8-10-17)21(30)31/h4-11,14H,12H2,1-3H3,(H,23,29)(H,24,28)(H,30,31)/t14-/m0/s1. The first kappa shape index (κ1) is 23.0. The second-order valence-corrected chi connectivity index (χ2v) is 8.13. The molecule has 0 fully saturated rings. The third-order valence-corrected chi connectivity index (χ3v) is 5.65. The maximum absolute atomic E-state index is 12.5. The maximum atomic E-state index is 12.5. The van der Waals surface area contributed by atoms with Crippen molar-refractivity contribution in [2.75, 3.05) is 11.1 Å². The summed E-state index contributed by atoms with van der Waals surface area (Å²) >= 11 is 1.21. The minimum absolute atomic E-state index is 0.0939. The van der Waals surface area contributed by atoms with E-state index in [2.05, 4.69) is 20.8 Å². The van der Waals surface area contributed by atoms with E-state index in [0.717, 1.165) is 5.56 Å². The molecule has 9 nitrogen and oxygen atoms in total. The Morgan fingerprint density at radius 1 is 1.09 bits per heavy atom. The van der Waals surface area contributed by atoms with E-state index in [1.54, 1.807) is 17.7 Å². The number of anilines is 1. The average molecular weight is 454 g/mol. The van der Waals surface area contributed by atoms with Crippen molar-refractivity contribution in [3.63, 3.8) is 0 Å². The number of rotatable bonds is 8. The lowest BCUT2D eigenvalue weighted by Gasteiger charge is -2.14. The Bertz CT molecular complexity index is 1140. The highest BCUT2D eigenvalue weighted by Crippen LogP contribution is 2.20. The molecular weight excluding hydrogens is 430 g/mol. The molecule has 0 unspecified atom stereocenters. The molecule has 3 rings (SSSR count). The number of thioether (sulfide) groups is 1. The second-order valence-electron chi connectivity index (χ2n) is 7.18. The molecule has 3 N–H and O–H groups in total. The molecule has 0 spiro atoms. The summed E-state index contributed by atoms with van der Waals surface area (Å²) in [5.74, 6) is -0.828. The number of hydrogen-bond donors (Lipinski definition) is 3. The van der Waals surface area contributed by atoms with E-state index < -0.39 is 5.97 Å². The molecule has 1 atom stereocenters. The van der Waals surface area contributed by atoms with E-state index >= 15 is 0 Å². The van der Waals surface area contributed by atoms with Gasteiger partial charge in [0.05, 0.1) is 17.4 Å². The highest BCUT2D eigenvalue weighted by atomic mass is 32.2. The number of aromatic nitrogens is 3. The topological polar surface area (TPSA) is 126 Å². The number of nitrogens with one attached hydrogen (secondary N) is 2. The monoisotopic (exact) mass is 453 g/mol. The van der Waals surface area contributed by atoms with Gasteiger partial charge in [-0.2, -0.15) is 0 Å². The third-order valence-electron chi connectivity index (χ3n) is 4.63. The van der Waals surface area contributed by atoms with Gasteiger partial charge in [0.25, 0.3) is 5.91 Å². The van der Waals surface area contributed by atoms with Gasteiger partial charge in [0, 0.05) is 18.3 Å². The van der Waals surface area contributed by atoms with Crippen molar-refractivity contribution in [3.05, 3.63) is 71.0 Å². The summed E-state index contributed by atoms with van der Waals surface area (Å²) in [5.41, 5.74) is 2.22. The predicted octanol–water partition coefficient (Wildman–Crippen LogP) is 3.04. The van der Waals surface area contributed by atoms with Gasteiger partial charge < -0.3 is 20.3 Å². The van der Waals surface area contributed by atoms with Crippen molar-refractivity contribution in [1.29, 1.82) is 0 Å². The van der Waals surface area contributed by atoms with Gasteiger partial charge in [-0.3, -0.25) is 9.59 Å².